The molecule has 3 nitrogen and oxygen atoms in total. The quantitative estimate of drug-likeness (QED) is 0.805. The topological polar surface area (TPSA) is 42.1 Å². The predicted molar refractivity (Wildman–Crippen MR) is 76.7 cm³/mol. The van der Waals surface area contributed by atoms with E-state index in [9.17, 15) is 0 Å². The maximum absolute atomic E-state index is 5.99. The van der Waals surface area contributed by atoms with Crippen LogP contribution in [-0.4, -0.2) is 18.1 Å². The van der Waals surface area contributed by atoms with E-state index in [0.29, 0.717) is 0 Å². The first-order valence-electron chi connectivity index (χ1n) is 7.21. The van der Waals surface area contributed by atoms with Gasteiger partial charge in [-0.2, -0.15) is 0 Å². The molecule has 1 aliphatic carbocycles. The van der Waals surface area contributed by atoms with Gasteiger partial charge in [-0.05, 0) is 43.7 Å². The number of rotatable bonds is 7. The van der Waals surface area contributed by atoms with Crippen LogP contribution in [0.3, 0.4) is 0 Å². The van der Waals surface area contributed by atoms with Crippen LogP contribution in [0.1, 0.15) is 51.3 Å². The standard InChI is InChI=1S/C15H25N3/c1-3-9-18(11-12-5-6-12)13-7-8-15(17-10-13)14(16)4-2/h7-8,10,12,14H,3-6,9,11,16H2,1-2H3. The Kier molecular flexibility index (Phi) is 4.59. The Morgan fingerprint density at radius 1 is 1.39 bits per heavy atom. The highest BCUT2D eigenvalue weighted by Crippen LogP contribution is 2.31. The van der Waals surface area contributed by atoms with Crippen LogP contribution in [0, 0.1) is 5.92 Å². The second-order valence-corrected chi connectivity index (χ2v) is 5.35. The van der Waals surface area contributed by atoms with E-state index in [0.717, 1.165) is 24.6 Å². The molecule has 1 saturated carbocycles. The molecule has 0 aromatic carbocycles. The molecule has 1 aromatic rings. The van der Waals surface area contributed by atoms with Crippen LogP contribution in [0.15, 0.2) is 18.3 Å². The van der Waals surface area contributed by atoms with E-state index in [1.165, 1.54) is 31.5 Å². The molecule has 0 spiro atoms. The molecule has 18 heavy (non-hydrogen) atoms. The van der Waals surface area contributed by atoms with Crippen molar-refractivity contribution in [2.75, 3.05) is 18.0 Å². The lowest BCUT2D eigenvalue weighted by atomic mass is 10.1. The third-order valence-corrected chi connectivity index (χ3v) is 3.62. The minimum atomic E-state index is 0.0714. The van der Waals surface area contributed by atoms with Crippen molar-refractivity contribution in [1.29, 1.82) is 0 Å². The molecule has 1 aliphatic rings. The number of nitrogens with zero attached hydrogens (tertiary/aromatic N) is 2. The van der Waals surface area contributed by atoms with E-state index in [2.05, 4.69) is 35.9 Å². The summed E-state index contributed by atoms with van der Waals surface area (Å²) in [5.74, 6) is 0.911. The second-order valence-electron chi connectivity index (χ2n) is 5.35. The summed E-state index contributed by atoms with van der Waals surface area (Å²) >= 11 is 0. The molecule has 0 bridgehead atoms. The molecule has 2 N–H and O–H groups in total. The van der Waals surface area contributed by atoms with Crippen molar-refractivity contribution < 1.29 is 0 Å². The van der Waals surface area contributed by atoms with Crippen molar-refractivity contribution in [2.45, 2.75) is 45.6 Å². The highest BCUT2D eigenvalue weighted by atomic mass is 15.1. The van der Waals surface area contributed by atoms with Crippen molar-refractivity contribution >= 4 is 5.69 Å². The maximum atomic E-state index is 5.99. The van der Waals surface area contributed by atoms with Crippen LogP contribution in [0.25, 0.3) is 0 Å². The summed E-state index contributed by atoms with van der Waals surface area (Å²) in [5.41, 5.74) is 8.24. The van der Waals surface area contributed by atoms with Crippen molar-refractivity contribution in [3.05, 3.63) is 24.0 Å². The van der Waals surface area contributed by atoms with Gasteiger partial charge < -0.3 is 10.6 Å². The van der Waals surface area contributed by atoms with E-state index in [1.54, 1.807) is 0 Å². The molecule has 1 fully saturated rings. The Bertz CT molecular complexity index is 357. The minimum absolute atomic E-state index is 0.0714. The summed E-state index contributed by atoms with van der Waals surface area (Å²) in [6, 6.07) is 4.33. The average molecular weight is 247 g/mol. The molecular weight excluding hydrogens is 222 g/mol. The van der Waals surface area contributed by atoms with Gasteiger partial charge in [-0.3, -0.25) is 4.98 Å². The third-order valence-electron chi connectivity index (χ3n) is 3.62. The molecule has 0 aliphatic heterocycles. The molecule has 0 saturated heterocycles. The summed E-state index contributed by atoms with van der Waals surface area (Å²) < 4.78 is 0. The molecular formula is C15H25N3. The van der Waals surface area contributed by atoms with E-state index < -0.39 is 0 Å². The molecule has 0 radical (unpaired) electrons. The second kappa shape index (κ2) is 6.19. The predicted octanol–water partition coefficient (Wildman–Crippen LogP) is 3.12. The highest BCUT2D eigenvalue weighted by molar-refractivity contribution is 5.45. The van der Waals surface area contributed by atoms with Crippen LogP contribution < -0.4 is 10.6 Å². The van der Waals surface area contributed by atoms with Crippen molar-refractivity contribution in [1.82, 2.24) is 4.98 Å². The van der Waals surface area contributed by atoms with Crippen LogP contribution in [0.2, 0.25) is 0 Å². The van der Waals surface area contributed by atoms with Gasteiger partial charge in [-0.1, -0.05) is 13.8 Å². The largest absolute Gasteiger partial charge is 0.370 e. The minimum Gasteiger partial charge on any atom is -0.370 e. The van der Waals surface area contributed by atoms with Gasteiger partial charge in [-0.15, -0.1) is 0 Å². The maximum Gasteiger partial charge on any atom is 0.0572 e. The Balaban J connectivity index is 2.04. The Labute approximate surface area is 110 Å². The zero-order chi connectivity index (χ0) is 13.0. The molecule has 1 unspecified atom stereocenters. The fraction of sp³-hybridized carbons (Fsp3) is 0.667. The number of pyridine rings is 1. The smallest absolute Gasteiger partial charge is 0.0572 e. The van der Waals surface area contributed by atoms with Crippen LogP contribution in [0.4, 0.5) is 5.69 Å². The average Bonchev–Trinajstić information content (AvgIpc) is 3.21. The van der Waals surface area contributed by atoms with Crippen molar-refractivity contribution in [2.24, 2.45) is 11.7 Å². The Hall–Kier alpha value is -1.09. The zero-order valence-corrected chi connectivity index (χ0v) is 11.6. The van der Waals surface area contributed by atoms with Gasteiger partial charge in [0.1, 0.15) is 0 Å². The van der Waals surface area contributed by atoms with E-state index >= 15 is 0 Å². The third kappa shape index (κ3) is 3.45. The normalized spacial score (nSPS) is 16.6. The van der Waals surface area contributed by atoms with Crippen LogP contribution in [0.5, 0.6) is 0 Å². The van der Waals surface area contributed by atoms with Gasteiger partial charge in [-0.25, -0.2) is 0 Å². The monoisotopic (exact) mass is 247 g/mol. The summed E-state index contributed by atoms with van der Waals surface area (Å²) in [7, 11) is 0. The number of hydrogen-bond donors (Lipinski definition) is 1. The number of nitrogens with two attached hydrogens (primary N) is 1. The first kappa shape index (κ1) is 13.3. The fourth-order valence-electron chi connectivity index (χ4n) is 2.22. The SMILES string of the molecule is CCCN(CC1CC1)c1ccc(C(N)CC)nc1. The molecule has 3 heteroatoms. The van der Waals surface area contributed by atoms with E-state index in [1.807, 2.05) is 6.20 Å². The first-order chi connectivity index (χ1) is 8.74. The lowest BCUT2D eigenvalue weighted by Crippen LogP contribution is -2.26. The van der Waals surface area contributed by atoms with E-state index in [-0.39, 0.29) is 6.04 Å². The summed E-state index contributed by atoms with van der Waals surface area (Å²) in [4.78, 5) is 6.98. The summed E-state index contributed by atoms with van der Waals surface area (Å²) in [5, 5.41) is 0. The Morgan fingerprint density at radius 3 is 2.67 bits per heavy atom. The van der Waals surface area contributed by atoms with Gasteiger partial charge in [0.15, 0.2) is 0 Å². The Morgan fingerprint density at radius 2 is 2.17 bits per heavy atom. The van der Waals surface area contributed by atoms with Gasteiger partial charge in [0.05, 0.1) is 17.6 Å². The van der Waals surface area contributed by atoms with Gasteiger partial charge in [0, 0.05) is 19.1 Å². The number of hydrogen-bond acceptors (Lipinski definition) is 3. The van der Waals surface area contributed by atoms with Gasteiger partial charge >= 0.3 is 0 Å². The molecule has 1 atom stereocenters. The van der Waals surface area contributed by atoms with E-state index in [4.69, 9.17) is 5.73 Å². The number of aromatic nitrogens is 1. The lowest BCUT2D eigenvalue weighted by Gasteiger charge is -2.24. The van der Waals surface area contributed by atoms with Crippen LogP contribution in [-0.2, 0) is 0 Å². The molecule has 1 heterocycles. The molecule has 100 valence electrons. The highest BCUT2D eigenvalue weighted by Gasteiger charge is 2.24. The fourth-order valence-corrected chi connectivity index (χ4v) is 2.22. The molecule has 1 aromatic heterocycles. The first-order valence-corrected chi connectivity index (χ1v) is 7.21. The summed E-state index contributed by atoms with van der Waals surface area (Å²) in [6.45, 7) is 6.64. The van der Waals surface area contributed by atoms with Gasteiger partial charge in [0.2, 0.25) is 0 Å². The molecule has 2 rings (SSSR count). The lowest BCUT2D eigenvalue weighted by molar-refractivity contribution is 0.671. The number of anilines is 1. The van der Waals surface area contributed by atoms with Crippen LogP contribution >= 0.6 is 0 Å². The zero-order valence-electron chi connectivity index (χ0n) is 11.6. The van der Waals surface area contributed by atoms with Gasteiger partial charge in [0.25, 0.3) is 0 Å². The van der Waals surface area contributed by atoms with Crippen molar-refractivity contribution in [3.8, 4) is 0 Å². The molecule has 0 amide bonds. The summed E-state index contributed by atoms with van der Waals surface area (Å²) in [6.07, 6.45) is 6.90. The van der Waals surface area contributed by atoms with Crippen molar-refractivity contribution in [3.63, 3.8) is 0 Å².